The van der Waals surface area contributed by atoms with E-state index in [-0.39, 0.29) is 5.91 Å². The smallest absolute Gasteiger partial charge is 0.340 e. The number of esters is 1. The number of rotatable bonds is 6. The fourth-order valence-corrected chi connectivity index (χ4v) is 2.06. The number of amides is 2. The topological polar surface area (TPSA) is 105 Å². The minimum Gasteiger partial charge on any atom is -0.453 e. The molecule has 0 aliphatic carbocycles. The highest BCUT2D eigenvalue weighted by atomic mass is 16.5. The maximum Gasteiger partial charge on any atom is 0.340 e. The summed E-state index contributed by atoms with van der Waals surface area (Å²) in [7, 11) is 0. The predicted molar refractivity (Wildman–Crippen MR) is 91.7 cm³/mol. The predicted octanol–water partition coefficient (Wildman–Crippen LogP) is 1.86. The second kappa shape index (κ2) is 8.60. The summed E-state index contributed by atoms with van der Waals surface area (Å²) in [5, 5.41) is 15.0. The molecule has 3 N–H and O–H groups in total. The van der Waals surface area contributed by atoms with E-state index >= 15 is 0 Å². The zero-order chi connectivity index (χ0) is 18.2. The fourth-order valence-electron chi connectivity index (χ4n) is 2.06. The van der Waals surface area contributed by atoms with E-state index in [0.717, 1.165) is 0 Å². The van der Waals surface area contributed by atoms with Crippen molar-refractivity contribution in [3.05, 3.63) is 60.2 Å². The van der Waals surface area contributed by atoms with Gasteiger partial charge < -0.3 is 20.5 Å². The Hall–Kier alpha value is -3.19. The van der Waals surface area contributed by atoms with Gasteiger partial charge in [0.05, 0.1) is 0 Å². The Morgan fingerprint density at radius 2 is 1.64 bits per heavy atom. The number of aliphatic hydroxyl groups is 1. The van der Waals surface area contributed by atoms with Gasteiger partial charge in [-0.05, 0) is 23.8 Å². The number of benzene rings is 2. The maximum atomic E-state index is 11.9. The lowest BCUT2D eigenvalue weighted by molar-refractivity contribution is -0.156. The molecule has 7 heteroatoms. The first-order chi connectivity index (χ1) is 12.0. The molecule has 0 heterocycles. The number of anilines is 2. The van der Waals surface area contributed by atoms with Crippen LogP contribution in [-0.4, -0.2) is 29.5 Å². The van der Waals surface area contributed by atoms with E-state index in [1.165, 1.54) is 6.92 Å². The number of ether oxygens (including phenoxy) is 1. The summed E-state index contributed by atoms with van der Waals surface area (Å²) < 4.78 is 4.82. The highest BCUT2D eigenvalue weighted by Gasteiger charge is 2.19. The molecule has 2 aromatic rings. The molecule has 25 heavy (non-hydrogen) atoms. The van der Waals surface area contributed by atoms with Crippen LogP contribution in [0.3, 0.4) is 0 Å². The van der Waals surface area contributed by atoms with Crippen LogP contribution in [0.1, 0.15) is 18.6 Å². The van der Waals surface area contributed by atoms with Gasteiger partial charge in [0.25, 0.3) is 5.91 Å². The van der Waals surface area contributed by atoms with Gasteiger partial charge >= 0.3 is 5.97 Å². The van der Waals surface area contributed by atoms with Gasteiger partial charge in [0.1, 0.15) is 0 Å². The summed E-state index contributed by atoms with van der Waals surface area (Å²) in [5.41, 5.74) is 1.36. The summed E-state index contributed by atoms with van der Waals surface area (Å²) in [6, 6.07) is 14.8. The van der Waals surface area contributed by atoms with Crippen LogP contribution in [0.2, 0.25) is 0 Å². The quantitative estimate of drug-likeness (QED) is 0.695. The van der Waals surface area contributed by atoms with E-state index in [9.17, 15) is 19.5 Å². The van der Waals surface area contributed by atoms with E-state index in [2.05, 4.69) is 10.6 Å². The normalized spacial score (nSPS) is 11.3. The molecule has 0 spiro atoms. The highest BCUT2D eigenvalue weighted by molar-refractivity contribution is 5.94. The zero-order valence-electron chi connectivity index (χ0n) is 13.6. The van der Waals surface area contributed by atoms with Crippen LogP contribution >= 0.6 is 0 Å². The van der Waals surface area contributed by atoms with Crippen molar-refractivity contribution in [1.29, 1.82) is 0 Å². The lowest BCUT2D eigenvalue weighted by Gasteiger charge is -2.11. The molecule has 2 rings (SSSR count). The van der Waals surface area contributed by atoms with Crippen molar-refractivity contribution in [3.63, 3.8) is 0 Å². The number of hydrogen-bond donors (Lipinski definition) is 3. The van der Waals surface area contributed by atoms with Gasteiger partial charge in [-0.15, -0.1) is 0 Å². The Labute approximate surface area is 144 Å². The van der Waals surface area contributed by atoms with Crippen molar-refractivity contribution in [2.24, 2.45) is 0 Å². The van der Waals surface area contributed by atoms with Crippen LogP contribution in [0.5, 0.6) is 0 Å². The number of carbonyl (C=O) groups is 3. The van der Waals surface area contributed by atoms with Crippen LogP contribution in [0, 0.1) is 0 Å². The molecular formula is C18H18N2O5. The molecule has 0 saturated carbocycles. The Balaban J connectivity index is 1.86. The molecule has 1 atom stereocenters. The Bertz CT molecular complexity index is 761. The lowest BCUT2D eigenvalue weighted by Crippen LogP contribution is -2.24. The van der Waals surface area contributed by atoms with Crippen LogP contribution in [-0.2, 0) is 19.1 Å². The van der Waals surface area contributed by atoms with E-state index in [1.807, 2.05) is 0 Å². The third kappa shape index (κ3) is 5.74. The van der Waals surface area contributed by atoms with Crippen molar-refractivity contribution in [2.75, 3.05) is 17.2 Å². The second-order valence-electron chi connectivity index (χ2n) is 5.23. The largest absolute Gasteiger partial charge is 0.453 e. The first-order valence-corrected chi connectivity index (χ1v) is 7.53. The molecule has 0 aromatic heterocycles. The SMILES string of the molecule is CC(=O)Nc1cccc(NC(=O)COC(=O)[C@H](O)c2ccccc2)c1. The number of hydrogen-bond acceptors (Lipinski definition) is 5. The van der Waals surface area contributed by atoms with Crippen LogP contribution in [0.25, 0.3) is 0 Å². The van der Waals surface area contributed by atoms with E-state index in [0.29, 0.717) is 16.9 Å². The molecule has 0 aliphatic rings. The molecule has 0 radical (unpaired) electrons. The molecule has 0 saturated heterocycles. The number of carbonyl (C=O) groups excluding carboxylic acids is 3. The summed E-state index contributed by atoms with van der Waals surface area (Å²) in [6.45, 7) is 0.843. The lowest BCUT2D eigenvalue weighted by atomic mass is 10.1. The summed E-state index contributed by atoms with van der Waals surface area (Å²) in [6.07, 6.45) is -1.45. The Kier molecular flexibility index (Phi) is 6.25. The van der Waals surface area contributed by atoms with Crippen LogP contribution < -0.4 is 10.6 Å². The third-order valence-corrected chi connectivity index (χ3v) is 3.15. The Morgan fingerprint density at radius 3 is 2.28 bits per heavy atom. The number of aliphatic hydroxyl groups excluding tert-OH is 1. The molecule has 0 fully saturated rings. The standard InChI is InChI=1S/C18H18N2O5/c1-12(21)19-14-8-5-9-15(10-14)20-16(22)11-25-18(24)17(23)13-6-3-2-4-7-13/h2-10,17,23H,11H2,1H3,(H,19,21)(H,20,22)/t17-/m1/s1. The van der Waals surface area contributed by atoms with Gasteiger partial charge in [-0.2, -0.15) is 0 Å². The second-order valence-corrected chi connectivity index (χ2v) is 5.23. The number of nitrogens with one attached hydrogen (secondary N) is 2. The average Bonchev–Trinajstić information content (AvgIpc) is 2.59. The summed E-state index contributed by atoms with van der Waals surface area (Å²) in [4.78, 5) is 34.7. The van der Waals surface area contributed by atoms with Crippen molar-refractivity contribution in [1.82, 2.24) is 0 Å². The fraction of sp³-hybridized carbons (Fsp3) is 0.167. The molecule has 0 unspecified atom stereocenters. The molecule has 130 valence electrons. The maximum absolute atomic E-state index is 11.9. The van der Waals surface area contributed by atoms with Crippen molar-refractivity contribution >= 4 is 29.2 Å². The summed E-state index contributed by atoms with van der Waals surface area (Å²) >= 11 is 0. The molecule has 7 nitrogen and oxygen atoms in total. The van der Waals surface area contributed by atoms with E-state index in [1.54, 1.807) is 54.6 Å². The minimum absolute atomic E-state index is 0.229. The molecule has 2 aromatic carbocycles. The van der Waals surface area contributed by atoms with Gasteiger partial charge in [-0.1, -0.05) is 36.4 Å². The highest BCUT2D eigenvalue weighted by Crippen LogP contribution is 2.16. The first kappa shape index (κ1) is 18.2. The molecule has 0 aliphatic heterocycles. The molecular weight excluding hydrogens is 324 g/mol. The van der Waals surface area contributed by atoms with Gasteiger partial charge in [-0.3, -0.25) is 9.59 Å². The van der Waals surface area contributed by atoms with Crippen LogP contribution in [0.4, 0.5) is 11.4 Å². The van der Waals surface area contributed by atoms with Crippen LogP contribution in [0.15, 0.2) is 54.6 Å². The van der Waals surface area contributed by atoms with Crippen molar-refractivity contribution < 1.29 is 24.2 Å². The average molecular weight is 342 g/mol. The van der Waals surface area contributed by atoms with E-state index < -0.39 is 24.6 Å². The van der Waals surface area contributed by atoms with Gasteiger partial charge in [-0.25, -0.2) is 4.79 Å². The Morgan fingerprint density at radius 1 is 1.00 bits per heavy atom. The van der Waals surface area contributed by atoms with E-state index in [4.69, 9.17) is 4.74 Å². The van der Waals surface area contributed by atoms with Gasteiger partial charge in [0.2, 0.25) is 5.91 Å². The minimum atomic E-state index is -1.45. The molecule has 0 bridgehead atoms. The van der Waals surface area contributed by atoms with Crippen molar-refractivity contribution in [3.8, 4) is 0 Å². The third-order valence-electron chi connectivity index (χ3n) is 3.15. The van der Waals surface area contributed by atoms with Crippen molar-refractivity contribution in [2.45, 2.75) is 13.0 Å². The monoisotopic (exact) mass is 342 g/mol. The molecule has 2 amide bonds. The zero-order valence-corrected chi connectivity index (χ0v) is 13.6. The first-order valence-electron chi connectivity index (χ1n) is 7.53. The summed E-state index contributed by atoms with van der Waals surface area (Å²) in [5.74, 6) is -1.70. The van der Waals surface area contributed by atoms with Gasteiger partial charge in [0.15, 0.2) is 12.7 Å². The van der Waals surface area contributed by atoms with Gasteiger partial charge in [0, 0.05) is 18.3 Å².